The number of rotatable bonds is 3. The van der Waals surface area contributed by atoms with E-state index >= 15 is 0 Å². The number of carboxylic acid groups (broad SMARTS) is 1. The molecular weight excluding hydrogens is 260 g/mol. The average Bonchev–Trinajstić information content (AvgIpc) is 2.35. The second kappa shape index (κ2) is 5.67. The summed E-state index contributed by atoms with van der Waals surface area (Å²) in [4.78, 5) is 12.8. The van der Waals surface area contributed by atoms with Gasteiger partial charge in [-0.05, 0) is 6.07 Å². The van der Waals surface area contributed by atoms with Crippen LogP contribution >= 0.6 is 11.8 Å². The molecule has 1 unspecified atom stereocenters. The van der Waals surface area contributed by atoms with E-state index in [0.717, 1.165) is 11.8 Å². The Hall–Kier alpha value is -1.14. The van der Waals surface area contributed by atoms with Crippen molar-refractivity contribution >= 4 is 17.7 Å². The van der Waals surface area contributed by atoms with Gasteiger partial charge in [0.05, 0.1) is 0 Å². The lowest BCUT2D eigenvalue weighted by molar-refractivity contribution is -0.142. The Labute approximate surface area is 108 Å². The molecule has 0 aromatic heterocycles. The molecule has 0 saturated carbocycles. The summed E-state index contributed by atoms with van der Waals surface area (Å²) in [5, 5.41) is 9.09. The molecular formula is C12H13F2NO2S. The standard InChI is InChI=1S/C12H13F2NO2S/c13-9-3-1-2-8(11(9)14)6-15-4-5-18-7-10(15)12(16)17/h1-3,10H,4-7H2,(H,16,17). The molecule has 1 aromatic carbocycles. The molecule has 1 aliphatic heterocycles. The fraction of sp³-hybridized carbons (Fsp3) is 0.417. The molecule has 2 rings (SSSR count). The van der Waals surface area contributed by atoms with E-state index in [-0.39, 0.29) is 12.1 Å². The Balaban J connectivity index is 2.16. The molecule has 0 bridgehead atoms. The van der Waals surface area contributed by atoms with Crippen molar-refractivity contribution in [2.24, 2.45) is 0 Å². The minimum absolute atomic E-state index is 0.126. The van der Waals surface area contributed by atoms with Crippen LogP contribution in [0.5, 0.6) is 0 Å². The maximum Gasteiger partial charge on any atom is 0.321 e. The van der Waals surface area contributed by atoms with Crippen LogP contribution in [0.4, 0.5) is 8.78 Å². The highest BCUT2D eigenvalue weighted by Crippen LogP contribution is 2.21. The number of nitrogens with zero attached hydrogens (tertiary/aromatic N) is 1. The lowest BCUT2D eigenvalue weighted by Gasteiger charge is -2.32. The molecule has 0 aliphatic carbocycles. The van der Waals surface area contributed by atoms with Crippen molar-refractivity contribution in [3.8, 4) is 0 Å². The van der Waals surface area contributed by atoms with Crippen molar-refractivity contribution in [3.05, 3.63) is 35.4 Å². The number of hydrogen-bond acceptors (Lipinski definition) is 3. The first kappa shape index (κ1) is 13.3. The quantitative estimate of drug-likeness (QED) is 0.914. The van der Waals surface area contributed by atoms with Crippen molar-refractivity contribution in [2.45, 2.75) is 12.6 Å². The number of thioether (sulfide) groups is 1. The second-order valence-electron chi connectivity index (χ2n) is 4.11. The van der Waals surface area contributed by atoms with Crippen LogP contribution in [-0.2, 0) is 11.3 Å². The molecule has 1 N–H and O–H groups in total. The van der Waals surface area contributed by atoms with Crippen molar-refractivity contribution in [2.75, 3.05) is 18.1 Å². The van der Waals surface area contributed by atoms with Crippen LogP contribution in [0, 0.1) is 11.6 Å². The Morgan fingerprint density at radius 3 is 3.00 bits per heavy atom. The summed E-state index contributed by atoms with van der Waals surface area (Å²) in [7, 11) is 0. The van der Waals surface area contributed by atoms with Crippen LogP contribution in [0.2, 0.25) is 0 Å². The van der Waals surface area contributed by atoms with Crippen LogP contribution in [0.25, 0.3) is 0 Å². The van der Waals surface area contributed by atoms with Gasteiger partial charge >= 0.3 is 5.97 Å². The van der Waals surface area contributed by atoms with E-state index in [4.69, 9.17) is 5.11 Å². The van der Waals surface area contributed by atoms with Crippen molar-refractivity contribution in [1.82, 2.24) is 4.90 Å². The van der Waals surface area contributed by atoms with E-state index in [9.17, 15) is 13.6 Å². The minimum atomic E-state index is -0.918. The van der Waals surface area contributed by atoms with E-state index in [1.54, 1.807) is 16.7 Å². The second-order valence-corrected chi connectivity index (χ2v) is 5.26. The number of benzene rings is 1. The third-order valence-corrected chi connectivity index (χ3v) is 3.95. The molecule has 1 fully saturated rings. The first-order chi connectivity index (χ1) is 8.59. The summed E-state index contributed by atoms with van der Waals surface area (Å²) in [6.45, 7) is 0.693. The Morgan fingerprint density at radius 1 is 1.50 bits per heavy atom. The van der Waals surface area contributed by atoms with Crippen molar-refractivity contribution in [3.63, 3.8) is 0 Å². The van der Waals surface area contributed by atoms with E-state index in [2.05, 4.69) is 0 Å². The smallest absolute Gasteiger partial charge is 0.321 e. The maximum atomic E-state index is 13.5. The van der Waals surface area contributed by atoms with Gasteiger partial charge in [-0.1, -0.05) is 12.1 Å². The van der Waals surface area contributed by atoms with Gasteiger partial charge in [-0.3, -0.25) is 9.69 Å². The largest absolute Gasteiger partial charge is 0.480 e. The zero-order valence-corrected chi connectivity index (χ0v) is 10.4. The fourth-order valence-corrected chi connectivity index (χ4v) is 3.05. The first-order valence-electron chi connectivity index (χ1n) is 5.57. The molecule has 1 aliphatic rings. The summed E-state index contributed by atoms with van der Waals surface area (Å²) in [6.07, 6.45) is 0. The van der Waals surface area contributed by atoms with Gasteiger partial charge in [-0.15, -0.1) is 0 Å². The van der Waals surface area contributed by atoms with Gasteiger partial charge in [-0.2, -0.15) is 11.8 Å². The van der Waals surface area contributed by atoms with Gasteiger partial charge in [0.2, 0.25) is 0 Å². The van der Waals surface area contributed by atoms with Gasteiger partial charge in [-0.25, -0.2) is 8.78 Å². The molecule has 1 atom stereocenters. The Kier molecular flexibility index (Phi) is 4.19. The van der Waals surface area contributed by atoms with Gasteiger partial charge in [0.1, 0.15) is 6.04 Å². The molecule has 0 spiro atoms. The predicted molar refractivity (Wildman–Crippen MR) is 65.5 cm³/mol. The Morgan fingerprint density at radius 2 is 2.28 bits per heavy atom. The van der Waals surface area contributed by atoms with Crippen molar-refractivity contribution < 1.29 is 18.7 Å². The lowest BCUT2D eigenvalue weighted by Crippen LogP contribution is -2.46. The third-order valence-electron chi connectivity index (χ3n) is 2.93. The zero-order valence-electron chi connectivity index (χ0n) is 9.60. The highest BCUT2D eigenvalue weighted by Gasteiger charge is 2.29. The molecule has 0 radical (unpaired) electrons. The van der Waals surface area contributed by atoms with Crippen LogP contribution in [0.15, 0.2) is 18.2 Å². The van der Waals surface area contributed by atoms with Gasteiger partial charge in [0.25, 0.3) is 0 Å². The van der Waals surface area contributed by atoms with Gasteiger partial charge in [0.15, 0.2) is 11.6 Å². The Bertz CT molecular complexity index is 456. The molecule has 18 heavy (non-hydrogen) atoms. The lowest BCUT2D eigenvalue weighted by atomic mass is 10.1. The summed E-state index contributed by atoms with van der Waals surface area (Å²) in [6, 6.07) is 3.34. The third kappa shape index (κ3) is 2.81. The number of aliphatic carboxylic acids is 1. The molecule has 1 heterocycles. The highest BCUT2D eigenvalue weighted by atomic mass is 32.2. The molecule has 0 amide bonds. The topological polar surface area (TPSA) is 40.5 Å². The first-order valence-corrected chi connectivity index (χ1v) is 6.72. The van der Waals surface area contributed by atoms with Gasteiger partial charge < -0.3 is 5.11 Å². The summed E-state index contributed by atoms with van der Waals surface area (Å²) >= 11 is 1.56. The fourth-order valence-electron chi connectivity index (χ4n) is 1.94. The van der Waals surface area contributed by atoms with Crippen LogP contribution in [0.1, 0.15) is 5.56 Å². The molecule has 6 heteroatoms. The minimum Gasteiger partial charge on any atom is -0.480 e. The van der Waals surface area contributed by atoms with E-state index in [0.29, 0.717) is 12.3 Å². The molecule has 3 nitrogen and oxygen atoms in total. The maximum absolute atomic E-state index is 13.5. The monoisotopic (exact) mass is 273 g/mol. The van der Waals surface area contributed by atoms with Crippen LogP contribution in [0.3, 0.4) is 0 Å². The highest BCUT2D eigenvalue weighted by molar-refractivity contribution is 7.99. The van der Waals surface area contributed by atoms with Crippen molar-refractivity contribution in [1.29, 1.82) is 0 Å². The summed E-state index contributed by atoms with van der Waals surface area (Å²) < 4.78 is 26.6. The van der Waals surface area contributed by atoms with E-state index in [1.165, 1.54) is 12.1 Å². The van der Waals surface area contributed by atoms with Gasteiger partial charge in [0, 0.05) is 30.2 Å². The number of halogens is 2. The number of hydrogen-bond donors (Lipinski definition) is 1. The van der Waals surface area contributed by atoms with Crippen LogP contribution < -0.4 is 0 Å². The SMILES string of the molecule is O=C(O)C1CSCCN1Cc1cccc(F)c1F. The van der Waals surface area contributed by atoms with Crippen LogP contribution in [-0.4, -0.2) is 40.1 Å². The zero-order chi connectivity index (χ0) is 13.1. The number of carbonyl (C=O) groups is 1. The number of carboxylic acids is 1. The molecule has 1 saturated heterocycles. The average molecular weight is 273 g/mol. The predicted octanol–water partition coefficient (Wildman–Crippen LogP) is 1.97. The van der Waals surface area contributed by atoms with E-state index in [1.807, 2.05) is 0 Å². The van der Waals surface area contributed by atoms with E-state index < -0.39 is 23.6 Å². The summed E-state index contributed by atoms with van der Waals surface area (Å²) in [5.74, 6) is -1.42. The molecule has 1 aromatic rings. The summed E-state index contributed by atoms with van der Waals surface area (Å²) in [5.41, 5.74) is 0.202. The normalized spacial score (nSPS) is 20.9. The molecule has 98 valence electrons.